The van der Waals surface area contributed by atoms with Gasteiger partial charge in [0.15, 0.2) is 5.65 Å². The van der Waals surface area contributed by atoms with Gasteiger partial charge in [-0.2, -0.15) is 0 Å². The van der Waals surface area contributed by atoms with Crippen LogP contribution in [0.1, 0.15) is 29.1 Å². The zero-order chi connectivity index (χ0) is 15.6. The second-order valence-electron chi connectivity index (χ2n) is 6.44. The van der Waals surface area contributed by atoms with E-state index < -0.39 is 0 Å². The molecule has 0 amide bonds. The summed E-state index contributed by atoms with van der Waals surface area (Å²) in [6, 6.07) is 6.46. The van der Waals surface area contributed by atoms with Crippen molar-refractivity contribution < 1.29 is 0 Å². The summed E-state index contributed by atoms with van der Waals surface area (Å²) in [4.78, 5) is 11.0. The van der Waals surface area contributed by atoms with Gasteiger partial charge >= 0.3 is 0 Å². The number of hydrogen-bond donors (Lipinski definition) is 1. The first-order valence-corrected chi connectivity index (χ1v) is 9.22. The number of nitrogens with zero attached hydrogens (tertiary/aromatic N) is 3. The number of thiophene rings is 1. The summed E-state index contributed by atoms with van der Waals surface area (Å²) in [6.45, 7) is 5.38. The quantitative estimate of drug-likeness (QED) is 0.799. The Morgan fingerprint density at radius 2 is 2.22 bits per heavy atom. The normalized spacial score (nSPS) is 16.2. The molecule has 0 unspecified atom stereocenters. The molecule has 0 atom stereocenters. The Balaban J connectivity index is 1.71. The Morgan fingerprint density at radius 3 is 3.00 bits per heavy atom. The molecule has 1 aliphatic heterocycles. The van der Waals surface area contributed by atoms with Gasteiger partial charge in [0.1, 0.15) is 11.3 Å². The molecule has 3 aromatic rings. The molecule has 1 saturated heterocycles. The minimum absolute atomic E-state index is 0.721. The summed E-state index contributed by atoms with van der Waals surface area (Å²) in [7, 11) is 0. The third-order valence-electron chi connectivity index (χ3n) is 4.61. The standard InChI is InChI=1S/C18H22N4S/c1-13-9-16-18(20-11-13)22(12-14-4-6-19-7-5-14)17(21-16)10-15-3-2-8-23-15/h2-3,8-9,11,14,19H,4-7,10,12H2,1H3. The maximum Gasteiger partial charge on any atom is 0.160 e. The topological polar surface area (TPSA) is 42.7 Å². The Bertz CT molecular complexity index is 785. The Morgan fingerprint density at radius 1 is 1.35 bits per heavy atom. The number of imidazole rings is 1. The lowest BCUT2D eigenvalue weighted by Gasteiger charge is -2.23. The maximum absolute atomic E-state index is 4.91. The van der Waals surface area contributed by atoms with Gasteiger partial charge < -0.3 is 9.88 Å². The van der Waals surface area contributed by atoms with Crippen LogP contribution in [0.5, 0.6) is 0 Å². The molecule has 0 aromatic carbocycles. The molecule has 4 rings (SSSR count). The molecule has 3 aromatic heterocycles. The van der Waals surface area contributed by atoms with Crippen LogP contribution in [0.2, 0.25) is 0 Å². The monoisotopic (exact) mass is 326 g/mol. The lowest BCUT2D eigenvalue weighted by atomic mass is 9.98. The van der Waals surface area contributed by atoms with Gasteiger partial charge in [0, 0.05) is 24.0 Å². The lowest BCUT2D eigenvalue weighted by Crippen LogP contribution is -2.30. The minimum atomic E-state index is 0.721. The van der Waals surface area contributed by atoms with Crippen molar-refractivity contribution in [2.24, 2.45) is 5.92 Å². The zero-order valence-corrected chi connectivity index (χ0v) is 14.3. The van der Waals surface area contributed by atoms with Crippen LogP contribution >= 0.6 is 11.3 Å². The van der Waals surface area contributed by atoms with Crippen LogP contribution in [0.25, 0.3) is 11.2 Å². The van der Waals surface area contributed by atoms with Gasteiger partial charge in [-0.15, -0.1) is 11.3 Å². The Kier molecular flexibility index (Phi) is 4.14. The van der Waals surface area contributed by atoms with Crippen LogP contribution in [0.4, 0.5) is 0 Å². The fourth-order valence-corrected chi connectivity index (χ4v) is 4.08. The highest BCUT2D eigenvalue weighted by molar-refractivity contribution is 7.09. The number of aryl methyl sites for hydroxylation is 1. The number of piperidine rings is 1. The molecule has 120 valence electrons. The third-order valence-corrected chi connectivity index (χ3v) is 5.49. The molecule has 0 bridgehead atoms. The van der Waals surface area contributed by atoms with E-state index in [0.717, 1.165) is 49.0 Å². The predicted octanol–water partition coefficient (Wildman–Crippen LogP) is 3.39. The second kappa shape index (κ2) is 6.42. The van der Waals surface area contributed by atoms with Crippen molar-refractivity contribution in [3.05, 3.63) is 46.0 Å². The van der Waals surface area contributed by atoms with Gasteiger partial charge in [-0.3, -0.25) is 0 Å². The smallest absolute Gasteiger partial charge is 0.160 e. The van der Waals surface area contributed by atoms with Crippen LogP contribution in [-0.4, -0.2) is 27.6 Å². The summed E-state index contributed by atoms with van der Waals surface area (Å²) >= 11 is 1.80. The molecule has 5 heteroatoms. The van der Waals surface area contributed by atoms with E-state index in [2.05, 4.69) is 45.4 Å². The lowest BCUT2D eigenvalue weighted by molar-refractivity contribution is 0.333. The molecule has 4 heterocycles. The average molecular weight is 326 g/mol. The largest absolute Gasteiger partial charge is 0.317 e. The summed E-state index contributed by atoms with van der Waals surface area (Å²) in [6.07, 6.45) is 5.34. The molecular weight excluding hydrogens is 304 g/mol. The average Bonchev–Trinajstić information content (AvgIpc) is 3.17. The minimum Gasteiger partial charge on any atom is -0.317 e. The van der Waals surface area contributed by atoms with Crippen molar-refractivity contribution in [1.29, 1.82) is 0 Å². The van der Waals surface area contributed by atoms with Gasteiger partial charge in [0.25, 0.3) is 0 Å². The molecule has 0 saturated carbocycles. The van der Waals surface area contributed by atoms with E-state index in [4.69, 9.17) is 4.98 Å². The summed E-state index contributed by atoms with van der Waals surface area (Å²) in [5.74, 6) is 1.87. The van der Waals surface area contributed by atoms with Crippen LogP contribution in [0, 0.1) is 12.8 Å². The fourth-order valence-electron chi connectivity index (χ4n) is 3.38. The van der Waals surface area contributed by atoms with E-state index >= 15 is 0 Å². The molecule has 23 heavy (non-hydrogen) atoms. The highest BCUT2D eigenvalue weighted by atomic mass is 32.1. The predicted molar refractivity (Wildman–Crippen MR) is 95.0 cm³/mol. The summed E-state index contributed by atoms with van der Waals surface area (Å²) in [5.41, 5.74) is 3.25. The summed E-state index contributed by atoms with van der Waals surface area (Å²) < 4.78 is 2.37. The molecule has 0 radical (unpaired) electrons. The molecular formula is C18H22N4S. The molecule has 0 aliphatic carbocycles. The van der Waals surface area contributed by atoms with Gasteiger partial charge in [0.2, 0.25) is 0 Å². The van der Waals surface area contributed by atoms with Crippen molar-refractivity contribution >= 4 is 22.5 Å². The van der Waals surface area contributed by atoms with Crippen LogP contribution in [-0.2, 0) is 13.0 Å². The van der Waals surface area contributed by atoms with Crippen molar-refractivity contribution in [3.63, 3.8) is 0 Å². The Labute approximate surface area is 140 Å². The number of aromatic nitrogens is 3. The van der Waals surface area contributed by atoms with E-state index in [1.54, 1.807) is 11.3 Å². The van der Waals surface area contributed by atoms with Crippen LogP contribution in [0.15, 0.2) is 29.8 Å². The molecule has 1 aliphatic rings. The van der Waals surface area contributed by atoms with E-state index in [1.807, 2.05) is 6.20 Å². The molecule has 4 nitrogen and oxygen atoms in total. The third kappa shape index (κ3) is 3.16. The van der Waals surface area contributed by atoms with Crippen molar-refractivity contribution in [1.82, 2.24) is 19.9 Å². The van der Waals surface area contributed by atoms with Crippen molar-refractivity contribution in [2.45, 2.75) is 32.7 Å². The number of hydrogen-bond acceptors (Lipinski definition) is 4. The fraction of sp³-hybridized carbons (Fsp3) is 0.444. The van der Waals surface area contributed by atoms with E-state index in [9.17, 15) is 0 Å². The van der Waals surface area contributed by atoms with Crippen molar-refractivity contribution in [3.8, 4) is 0 Å². The first-order chi connectivity index (χ1) is 11.3. The van der Waals surface area contributed by atoms with E-state index in [-0.39, 0.29) is 0 Å². The number of rotatable bonds is 4. The second-order valence-corrected chi connectivity index (χ2v) is 7.48. The maximum atomic E-state index is 4.91. The number of pyridine rings is 1. The van der Waals surface area contributed by atoms with Gasteiger partial charge in [-0.05, 0) is 61.8 Å². The highest BCUT2D eigenvalue weighted by Gasteiger charge is 2.19. The highest BCUT2D eigenvalue weighted by Crippen LogP contribution is 2.23. The zero-order valence-electron chi connectivity index (χ0n) is 13.5. The number of nitrogens with one attached hydrogen (secondary N) is 1. The van der Waals surface area contributed by atoms with Gasteiger partial charge in [-0.25, -0.2) is 9.97 Å². The van der Waals surface area contributed by atoms with Crippen LogP contribution < -0.4 is 5.32 Å². The van der Waals surface area contributed by atoms with Crippen LogP contribution in [0.3, 0.4) is 0 Å². The van der Waals surface area contributed by atoms with E-state index in [1.165, 1.54) is 23.3 Å². The molecule has 1 N–H and O–H groups in total. The van der Waals surface area contributed by atoms with Crippen molar-refractivity contribution in [2.75, 3.05) is 13.1 Å². The van der Waals surface area contributed by atoms with E-state index in [0.29, 0.717) is 0 Å². The van der Waals surface area contributed by atoms with Gasteiger partial charge in [0.05, 0.1) is 0 Å². The molecule has 1 fully saturated rings. The number of fused-ring (bicyclic) bond motifs is 1. The first kappa shape index (κ1) is 14.8. The first-order valence-electron chi connectivity index (χ1n) is 8.34. The molecule has 0 spiro atoms. The summed E-state index contributed by atoms with van der Waals surface area (Å²) in [5, 5.41) is 5.59. The van der Waals surface area contributed by atoms with Gasteiger partial charge in [-0.1, -0.05) is 6.07 Å². The SMILES string of the molecule is Cc1cnc2c(c1)nc(Cc1cccs1)n2CC1CCNCC1. The Hall–Kier alpha value is -1.72.